The number of methoxy groups -OCH3 is 1. The fourth-order valence-electron chi connectivity index (χ4n) is 1.15. The molecule has 1 aromatic rings. The molecule has 0 saturated heterocycles. The van der Waals surface area contributed by atoms with Crippen molar-refractivity contribution < 1.29 is 14.5 Å². The van der Waals surface area contributed by atoms with Gasteiger partial charge >= 0.3 is 0 Å². The zero-order valence-corrected chi connectivity index (χ0v) is 10.5. The summed E-state index contributed by atoms with van der Waals surface area (Å²) in [6, 6.07) is 2.38. The SMILES string of the molecule is COc1cc(C(=O)CBr)c([N+](=O)[O-])cc1Cl. The molecule has 1 rings (SSSR count). The molecule has 7 heteroatoms. The number of hydrogen-bond donors (Lipinski definition) is 0. The molecule has 16 heavy (non-hydrogen) atoms. The van der Waals surface area contributed by atoms with E-state index in [0.717, 1.165) is 6.07 Å². The molecule has 0 radical (unpaired) electrons. The molecule has 0 fully saturated rings. The highest BCUT2D eigenvalue weighted by Crippen LogP contribution is 2.32. The average Bonchev–Trinajstić information content (AvgIpc) is 2.27. The first-order valence-corrected chi connectivity index (χ1v) is 5.62. The van der Waals surface area contributed by atoms with Gasteiger partial charge < -0.3 is 4.74 Å². The third kappa shape index (κ3) is 2.51. The number of benzene rings is 1. The number of alkyl halides is 1. The fraction of sp³-hybridized carbons (Fsp3) is 0.222. The van der Waals surface area contributed by atoms with Gasteiger partial charge in [0.1, 0.15) is 5.75 Å². The molecule has 0 N–H and O–H groups in total. The van der Waals surface area contributed by atoms with E-state index in [1.54, 1.807) is 0 Å². The van der Waals surface area contributed by atoms with E-state index in [4.69, 9.17) is 16.3 Å². The highest BCUT2D eigenvalue weighted by molar-refractivity contribution is 9.09. The van der Waals surface area contributed by atoms with Gasteiger partial charge in [-0.25, -0.2) is 0 Å². The van der Waals surface area contributed by atoms with Crippen molar-refractivity contribution in [2.24, 2.45) is 0 Å². The smallest absolute Gasteiger partial charge is 0.281 e. The quantitative estimate of drug-likeness (QED) is 0.371. The molecule has 0 aliphatic rings. The molecule has 5 nitrogen and oxygen atoms in total. The van der Waals surface area contributed by atoms with Gasteiger partial charge in [-0.3, -0.25) is 14.9 Å². The Bertz CT molecular complexity index is 449. The summed E-state index contributed by atoms with van der Waals surface area (Å²) in [7, 11) is 1.37. The Hall–Kier alpha value is -1.14. The molecule has 86 valence electrons. The number of nitro groups is 1. The van der Waals surface area contributed by atoms with Crippen molar-refractivity contribution in [3.8, 4) is 5.75 Å². The van der Waals surface area contributed by atoms with Crippen LogP contribution in [0.25, 0.3) is 0 Å². The molecular formula is C9H7BrClNO4. The molecule has 0 saturated carbocycles. The summed E-state index contributed by atoms with van der Waals surface area (Å²) in [5.41, 5.74) is -0.349. The number of hydrogen-bond acceptors (Lipinski definition) is 4. The van der Waals surface area contributed by atoms with Gasteiger partial charge in [0, 0.05) is 6.07 Å². The number of nitro benzene ring substituents is 1. The number of Topliss-reactive ketones (excluding diaryl/α,β-unsaturated/α-hetero) is 1. The normalized spacial score (nSPS) is 9.94. The summed E-state index contributed by atoms with van der Waals surface area (Å²) in [6.07, 6.45) is 0. The van der Waals surface area contributed by atoms with Gasteiger partial charge in [-0.1, -0.05) is 27.5 Å². The summed E-state index contributed by atoms with van der Waals surface area (Å²) in [6.45, 7) is 0. The van der Waals surface area contributed by atoms with Crippen LogP contribution in [-0.4, -0.2) is 23.1 Å². The standard InChI is InChI=1S/C9H7BrClNO4/c1-16-9-2-5(8(13)4-10)7(12(14)15)3-6(9)11/h2-3H,4H2,1H3. The largest absolute Gasteiger partial charge is 0.495 e. The molecule has 1 aromatic carbocycles. The number of halogens is 2. The Kier molecular flexibility index (Phi) is 4.26. The van der Waals surface area contributed by atoms with Crippen LogP contribution in [0.1, 0.15) is 10.4 Å². The second-order valence-corrected chi connectivity index (χ2v) is 3.79. The van der Waals surface area contributed by atoms with Gasteiger partial charge in [-0.2, -0.15) is 0 Å². The Balaban J connectivity index is 3.42. The van der Waals surface area contributed by atoms with E-state index in [0.29, 0.717) is 0 Å². The van der Waals surface area contributed by atoms with Gasteiger partial charge in [0.15, 0.2) is 5.78 Å². The van der Waals surface area contributed by atoms with Gasteiger partial charge in [-0.05, 0) is 6.07 Å². The van der Waals surface area contributed by atoms with Crippen molar-refractivity contribution >= 4 is 39.0 Å². The number of ether oxygens (including phenoxy) is 1. The van der Waals surface area contributed by atoms with Crippen molar-refractivity contribution in [3.63, 3.8) is 0 Å². The maximum absolute atomic E-state index is 11.5. The predicted molar refractivity (Wildman–Crippen MR) is 62.8 cm³/mol. The third-order valence-corrected chi connectivity index (χ3v) is 2.69. The van der Waals surface area contributed by atoms with Gasteiger partial charge in [0.2, 0.25) is 0 Å². The van der Waals surface area contributed by atoms with Gasteiger partial charge in [-0.15, -0.1) is 0 Å². The van der Waals surface area contributed by atoms with E-state index >= 15 is 0 Å². The Morgan fingerprint density at radius 1 is 1.62 bits per heavy atom. The Morgan fingerprint density at radius 2 is 2.25 bits per heavy atom. The monoisotopic (exact) mass is 307 g/mol. The van der Waals surface area contributed by atoms with Crippen LogP contribution in [0.5, 0.6) is 5.75 Å². The molecule has 0 amide bonds. The number of ketones is 1. The summed E-state index contributed by atoms with van der Waals surface area (Å²) >= 11 is 8.69. The molecule has 0 atom stereocenters. The van der Waals surface area contributed by atoms with Crippen molar-refractivity contribution in [1.29, 1.82) is 0 Å². The topological polar surface area (TPSA) is 69.4 Å². The lowest BCUT2D eigenvalue weighted by Gasteiger charge is -2.06. The van der Waals surface area contributed by atoms with Crippen molar-refractivity contribution in [1.82, 2.24) is 0 Å². The van der Waals surface area contributed by atoms with Crippen LogP contribution in [0.2, 0.25) is 5.02 Å². The van der Waals surface area contributed by atoms with E-state index in [2.05, 4.69) is 15.9 Å². The van der Waals surface area contributed by atoms with E-state index in [9.17, 15) is 14.9 Å². The van der Waals surface area contributed by atoms with E-state index in [-0.39, 0.29) is 27.4 Å². The lowest BCUT2D eigenvalue weighted by Crippen LogP contribution is -2.05. The third-order valence-electron chi connectivity index (χ3n) is 1.89. The Labute approximate surface area is 105 Å². The van der Waals surface area contributed by atoms with Gasteiger partial charge in [0.05, 0.1) is 27.9 Å². The van der Waals surface area contributed by atoms with Crippen LogP contribution < -0.4 is 4.74 Å². The van der Waals surface area contributed by atoms with Crippen LogP contribution in [0.3, 0.4) is 0 Å². The molecule has 0 bridgehead atoms. The fourth-order valence-corrected chi connectivity index (χ4v) is 1.68. The molecule has 0 aliphatic carbocycles. The zero-order valence-electron chi connectivity index (χ0n) is 8.20. The van der Waals surface area contributed by atoms with E-state index < -0.39 is 10.7 Å². The van der Waals surface area contributed by atoms with Gasteiger partial charge in [0.25, 0.3) is 5.69 Å². The first-order chi connectivity index (χ1) is 7.51. The van der Waals surface area contributed by atoms with Crippen LogP contribution in [0.15, 0.2) is 12.1 Å². The van der Waals surface area contributed by atoms with Crippen molar-refractivity contribution in [2.45, 2.75) is 0 Å². The molecule has 0 spiro atoms. The first kappa shape index (κ1) is 12.9. The number of carbonyl (C=O) groups excluding carboxylic acids is 1. The molecule has 0 aromatic heterocycles. The number of nitrogens with zero attached hydrogens (tertiary/aromatic N) is 1. The Morgan fingerprint density at radius 3 is 2.69 bits per heavy atom. The van der Waals surface area contributed by atoms with Crippen LogP contribution in [-0.2, 0) is 0 Å². The van der Waals surface area contributed by atoms with Crippen molar-refractivity contribution in [3.05, 3.63) is 32.8 Å². The van der Waals surface area contributed by atoms with Crippen molar-refractivity contribution in [2.75, 3.05) is 12.4 Å². The molecule has 0 heterocycles. The average molecular weight is 309 g/mol. The van der Waals surface area contributed by atoms with E-state index in [1.807, 2.05) is 0 Å². The summed E-state index contributed by atoms with van der Waals surface area (Å²) in [4.78, 5) is 21.5. The summed E-state index contributed by atoms with van der Waals surface area (Å²) in [5.74, 6) is -0.168. The summed E-state index contributed by atoms with van der Waals surface area (Å²) < 4.78 is 4.89. The van der Waals surface area contributed by atoms with Crippen LogP contribution >= 0.6 is 27.5 Å². The second kappa shape index (κ2) is 5.27. The predicted octanol–water partition coefficient (Wildman–Crippen LogP) is 2.83. The number of rotatable bonds is 4. The highest BCUT2D eigenvalue weighted by atomic mass is 79.9. The minimum absolute atomic E-state index is 0.00136. The number of carbonyl (C=O) groups is 1. The minimum Gasteiger partial charge on any atom is -0.495 e. The zero-order chi connectivity index (χ0) is 12.3. The maximum atomic E-state index is 11.5. The maximum Gasteiger partial charge on any atom is 0.281 e. The van der Waals surface area contributed by atoms with E-state index in [1.165, 1.54) is 13.2 Å². The lowest BCUT2D eigenvalue weighted by atomic mass is 10.1. The lowest BCUT2D eigenvalue weighted by molar-refractivity contribution is -0.385. The minimum atomic E-state index is -0.652. The molecule has 0 unspecified atom stereocenters. The van der Waals surface area contributed by atoms with Crippen LogP contribution in [0, 0.1) is 10.1 Å². The molecule has 0 aliphatic heterocycles. The van der Waals surface area contributed by atoms with Crippen LogP contribution in [0.4, 0.5) is 5.69 Å². The first-order valence-electron chi connectivity index (χ1n) is 4.12. The highest BCUT2D eigenvalue weighted by Gasteiger charge is 2.22. The second-order valence-electron chi connectivity index (χ2n) is 2.82. The summed E-state index contributed by atoms with van der Waals surface area (Å²) in [5, 5.41) is 10.8. The molecular weight excluding hydrogens is 301 g/mol.